The van der Waals surface area contributed by atoms with Crippen molar-refractivity contribution < 1.29 is 13.6 Å². The van der Waals surface area contributed by atoms with Gasteiger partial charge in [-0.15, -0.1) is 0 Å². The highest BCUT2D eigenvalue weighted by Crippen LogP contribution is 2.22. The van der Waals surface area contributed by atoms with Gasteiger partial charge in [-0.3, -0.25) is 9.89 Å². The Hall–Kier alpha value is -2.73. The first-order valence-electron chi connectivity index (χ1n) is 6.61. The first-order valence-corrected chi connectivity index (χ1v) is 6.98. The number of anilines is 1. The second kappa shape index (κ2) is 6.18. The lowest BCUT2D eigenvalue weighted by Crippen LogP contribution is -2.12. The Kier molecular flexibility index (Phi) is 4.08. The molecule has 0 spiro atoms. The molecule has 0 aliphatic carbocycles. The Morgan fingerprint density at radius 3 is 2.65 bits per heavy atom. The van der Waals surface area contributed by atoms with Crippen LogP contribution in [0.2, 0.25) is 5.02 Å². The van der Waals surface area contributed by atoms with Gasteiger partial charge in [-0.1, -0.05) is 23.7 Å². The van der Waals surface area contributed by atoms with Crippen LogP contribution in [-0.2, 0) is 0 Å². The van der Waals surface area contributed by atoms with Gasteiger partial charge < -0.3 is 5.32 Å². The molecule has 2 N–H and O–H groups in total. The highest BCUT2D eigenvalue weighted by molar-refractivity contribution is 6.30. The lowest BCUT2D eigenvalue weighted by Gasteiger charge is -2.03. The number of halogens is 3. The van der Waals surface area contributed by atoms with Crippen molar-refractivity contribution in [2.24, 2.45) is 0 Å². The molecule has 4 nitrogen and oxygen atoms in total. The average Bonchev–Trinajstić information content (AvgIpc) is 3.01. The fourth-order valence-electron chi connectivity index (χ4n) is 2.01. The van der Waals surface area contributed by atoms with Crippen LogP contribution in [0.1, 0.15) is 10.5 Å². The van der Waals surface area contributed by atoms with Gasteiger partial charge in [0.05, 0.1) is 5.69 Å². The van der Waals surface area contributed by atoms with Crippen LogP contribution in [0.4, 0.5) is 14.5 Å². The highest BCUT2D eigenvalue weighted by Gasteiger charge is 2.12. The van der Waals surface area contributed by atoms with Crippen molar-refractivity contribution in [2.45, 2.75) is 0 Å². The minimum atomic E-state index is -1.04. The SMILES string of the molecule is O=C(Nc1ccc(F)c(F)c1)c1cc(-c2cccc(Cl)c2)n[nH]1. The number of rotatable bonds is 3. The summed E-state index contributed by atoms with van der Waals surface area (Å²) in [5.74, 6) is -2.53. The minimum absolute atomic E-state index is 0.146. The maximum absolute atomic E-state index is 13.1. The number of nitrogens with one attached hydrogen (secondary N) is 2. The average molecular weight is 334 g/mol. The summed E-state index contributed by atoms with van der Waals surface area (Å²) in [6.07, 6.45) is 0. The van der Waals surface area contributed by atoms with Crippen LogP contribution < -0.4 is 5.32 Å². The molecule has 1 aromatic heterocycles. The normalized spacial score (nSPS) is 10.6. The summed E-state index contributed by atoms with van der Waals surface area (Å²) in [5, 5.41) is 9.65. The second-order valence-electron chi connectivity index (χ2n) is 4.76. The van der Waals surface area contributed by atoms with Gasteiger partial charge in [0.15, 0.2) is 11.6 Å². The smallest absolute Gasteiger partial charge is 0.273 e. The summed E-state index contributed by atoms with van der Waals surface area (Å²) in [7, 11) is 0. The summed E-state index contributed by atoms with van der Waals surface area (Å²) in [6.45, 7) is 0. The van der Waals surface area contributed by atoms with Crippen molar-refractivity contribution in [3.8, 4) is 11.3 Å². The van der Waals surface area contributed by atoms with Crippen molar-refractivity contribution in [2.75, 3.05) is 5.32 Å². The molecule has 0 radical (unpaired) electrons. The van der Waals surface area contributed by atoms with Crippen molar-refractivity contribution in [1.29, 1.82) is 0 Å². The molecular weight excluding hydrogens is 324 g/mol. The fourth-order valence-corrected chi connectivity index (χ4v) is 2.20. The van der Waals surface area contributed by atoms with Gasteiger partial charge in [-0.2, -0.15) is 5.10 Å². The van der Waals surface area contributed by atoms with Crippen LogP contribution in [0.15, 0.2) is 48.5 Å². The monoisotopic (exact) mass is 333 g/mol. The van der Waals surface area contributed by atoms with Crippen molar-refractivity contribution in [1.82, 2.24) is 10.2 Å². The molecular formula is C16H10ClF2N3O. The van der Waals surface area contributed by atoms with E-state index in [0.29, 0.717) is 10.7 Å². The Morgan fingerprint density at radius 1 is 1.09 bits per heavy atom. The minimum Gasteiger partial charge on any atom is -0.321 e. The number of carbonyl (C=O) groups is 1. The van der Waals surface area contributed by atoms with Gasteiger partial charge in [0.1, 0.15) is 5.69 Å². The zero-order valence-electron chi connectivity index (χ0n) is 11.6. The van der Waals surface area contributed by atoms with E-state index >= 15 is 0 Å². The number of carbonyl (C=O) groups excluding carboxylic acids is 1. The van der Waals surface area contributed by atoms with Gasteiger partial charge >= 0.3 is 0 Å². The van der Waals surface area contributed by atoms with Crippen LogP contribution in [0, 0.1) is 11.6 Å². The van der Waals surface area contributed by atoms with E-state index in [2.05, 4.69) is 15.5 Å². The van der Waals surface area contributed by atoms with Crippen molar-refractivity contribution >= 4 is 23.2 Å². The third-order valence-corrected chi connectivity index (χ3v) is 3.36. The predicted octanol–water partition coefficient (Wildman–Crippen LogP) is 4.26. The molecule has 0 atom stereocenters. The van der Waals surface area contributed by atoms with Gasteiger partial charge in [-0.05, 0) is 30.3 Å². The van der Waals surface area contributed by atoms with E-state index < -0.39 is 17.5 Å². The third-order valence-electron chi connectivity index (χ3n) is 3.12. The maximum Gasteiger partial charge on any atom is 0.273 e. The van der Waals surface area contributed by atoms with E-state index in [1.807, 2.05) is 0 Å². The lowest BCUT2D eigenvalue weighted by molar-refractivity contribution is 0.102. The Morgan fingerprint density at radius 2 is 1.91 bits per heavy atom. The fraction of sp³-hybridized carbons (Fsp3) is 0. The van der Waals surface area contributed by atoms with E-state index in [1.165, 1.54) is 6.07 Å². The first kappa shape index (κ1) is 15.2. The molecule has 1 amide bonds. The summed E-state index contributed by atoms with van der Waals surface area (Å²) in [4.78, 5) is 12.1. The number of benzene rings is 2. The number of H-pyrrole nitrogens is 1. The summed E-state index contributed by atoms with van der Waals surface area (Å²) >= 11 is 5.92. The Balaban J connectivity index is 1.79. The number of nitrogens with zero attached hydrogens (tertiary/aromatic N) is 1. The molecule has 0 unspecified atom stereocenters. The predicted molar refractivity (Wildman–Crippen MR) is 83.3 cm³/mol. The molecule has 0 saturated carbocycles. The second-order valence-corrected chi connectivity index (χ2v) is 5.20. The lowest BCUT2D eigenvalue weighted by atomic mass is 10.1. The summed E-state index contributed by atoms with van der Waals surface area (Å²) in [5.41, 5.74) is 1.63. The van der Waals surface area contributed by atoms with Crippen LogP contribution in [0.25, 0.3) is 11.3 Å². The Bertz CT molecular complexity index is 879. The van der Waals surface area contributed by atoms with E-state index in [4.69, 9.17) is 11.6 Å². The molecule has 0 aliphatic heterocycles. The zero-order valence-corrected chi connectivity index (χ0v) is 12.4. The number of hydrogen-bond acceptors (Lipinski definition) is 2. The van der Waals surface area contributed by atoms with Gasteiger partial charge in [0, 0.05) is 22.3 Å². The topological polar surface area (TPSA) is 57.8 Å². The van der Waals surface area contributed by atoms with E-state index in [9.17, 15) is 13.6 Å². The van der Waals surface area contributed by atoms with Crippen LogP contribution in [0.5, 0.6) is 0 Å². The molecule has 3 aromatic rings. The molecule has 2 aromatic carbocycles. The van der Waals surface area contributed by atoms with Crippen molar-refractivity contribution in [3.05, 3.63) is 70.9 Å². The highest BCUT2D eigenvalue weighted by atomic mass is 35.5. The first-order chi connectivity index (χ1) is 11.0. The number of aromatic nitrogens is 2. The van der Waals surface area contributed by atoms with Crippen LogP contribution >= 0.6 is 11.6 Å². The van der Waals surface area contributed by atoms with Crippen LogP contribution in [0.3, 0.4) is 0 Å². The third kappa shape index (κ3) is 3.37. The van der Waals surface area contributed by atoms with E-state index in [-0.39, 0.29) is 11.4 Å². The molecule has 116 valence electrons. The van der Waals surface area contributed by atoms with Crippen molar-refractivity contribution in [3.63, 3.8) is 0 Å². The van der Waals surface area contributed by atoms with Crippen LogP contribution in [-0.4, -0.2) is 16.1 Å². The molecule has 0 saturated heterocycles. The maximum atomic E-state index is 13.1. The quantitative estimate of drug-likeness (QED) is 0.752. The molecule has 3 rings (SSSR count). The van der Waals surface area contributed by atoms with E-state index in [0.717, 1.165) is 17.7 Å². The molecule has 1 heterocycles. The standard InChI is InChI=1S/C16H10ClF2N3O/c17-10-3-1-2-9(6-10)14-8-15(22-21-14)16(23)20-11-4-5-12(18)13(19)7-11/h1-8H,(H,20,23)(H,21,22). The summed E-state index contributed by atoms with van der Waals surface area (Å²) in [6, 6.07) is 11.7. The van der Waals surface area contributed by atoms with Gasteiger partial charge in [0.2, 0.25) is 0 Å². The number of amides is 1. The molecule has 7 heteroatoms. The number of aromatic amines is 1. The van der Waals surface area contributed by atoms with E-state index in [1.54, 1.807) is 30.3 Å². The zero-order chi connectivity index (χ0) is 16.4. The number of hydrogen-bond donors (Lipinski definition) is 2. The molecule has 0 fully saturated rings. The van der Waals surface area contributed by atoms with Gasteiger partial charge in [0.25, 0.3) is 5.91 Å². The molecule has 0 bridgehead atoms. The largest absolute Gasteiger partial charge is 0.321 e. The summed E-state index contributed by atoms with van der Waals surface area (Å²) < 4.78 is 26.0. The van der Waals surface area contributed by atoms with Gasteiger partial charge in [-0.25, -0.2) is 8.78 Å². The molecule has 23 heavy (non-hydrogen) atoms. The Labute approximate surface area is 135 Å². The molecule has 0 aliphatic rings.